The highest BCUT2D eigenvalue weighted by atomic mass is 127. The molecule has 0 aliphatic rings. The van der Waals surface area contributed by atoms with E-state index in [1.165, 1.54) is 11.3 Å². The lowest BCUT2D eigenvalue weighted by atomic mass is 10.2. The number of carbonyl (C=O) groups excluding carboxylic acids is 2. The molecule has 0 saturated carbocycles. The summed E-state index contributed by atoms with van der Waals surface area (Å²) in [6.45, 7) is 5.68. The Morgan fingerprint density at radius 3 is 2.73 bits per heavy atom. The lowest BCUT2D eigenvalue weighted by Crippen LogP contribution is -2.32. The van der Waals surface area contributed by atoms with Crippen molar-refractivity contribution >= 4 is 56.4 Å². The van der Waals surface area contributed by atoms with Crippen LogP contribution in [0.3, 0.4) is 0 Å². The SMILES string of the molecule is CC(C)(C)OC(=O)NCc1nc2c(C(=O)NI)cccc2s1. The molecule has 0 unspecified atom stereocenters. The number of ether oxygens (including phenoxy) is 1. The van der Waals surface area contributed by atoms with Crippen LogP contribution in [0, 0.1) is 0 Å². The monoisotopic (exact) mass is 433 g/mol. The van der Waals surface area contributed by atoms with Crippen molar-refractivity contribution in [2.45, 2.75) is 32.9 Å². The topological polar surface area (TPSA) is 80.3 Å². The van der Waals surface area contributed by atoms with E-state index in [4.69, 9.17) is 4.74 Å². The van der Waals surface area contributed by atoms with E-state index >= 15 is 0 Å². The van der Waals surface area contributed by atoms with Crippen LogP contribution < -0.4 is 8.85 Å². The fourth-order valence-corrected chi connectivity index (χ4v) is 2.99. The number of alkyl carbamates (subject to hydrolysis) is 1. The Morgan fingerprint density at radius 1 is 1.36 bits per heavy atom. The molecule has 0 fully saturated rings. The van der Waals surface area contributed by atoms with Crippen molar-refractivity contribution in [3.05, 3.63) is 28.8 Å². The van der Waals surface area contributed by atoms with Crippen molar-refractivity contribution in [3.8, 4) is 0 Å². The summed E-state index contributed by atoms with van der Waals surface area (Å²) in [4.78, 5) is 27.9. The van der Waals surface area contributed by atoms with Gasteiger partial charge in [-0.05, 0) is 32.9 Å². The zero-order valence-electron chi connectivity index (χ0n) is 12.4. The van der Waals surface area contributed by atoms with E-state index in [-0.39, 0.29) is 12.5 Å². The third kappa shape index (κ3) is 4.29. The van der Waals surface area contributed by atoms with Crippen LogP contribution in [0.2, 0.25) is 0 Å². The number of nitrogens with one attached hydrogen (secondary N) is 2. The minimum absolute atomic E-state index is 0.192. The summed E-state index contributed by atoms with van der Waals surface area (Å²) < 4.78 is 8.64. The van der Waals surface area contributed by atoms with E-state index in [0.29, 0.717) is 11.1 Å². The second kappa shape index (κ2) is 6.78. The number of nitrogens with zero attached hydrogens (tertiary/aromatic N) is 1. The summed E-state index contributed by atoms with van der Waals surface area (Å²) in [5, 5.41) is 3.38. The van der Waals surface area contributed by atoms with Crippen LogP contribution in [0.5, 0.6) is 0 Å². The molecule has 1 aromatic heterocycles. The number of aromatic nitrogens is 1. The average molecular weight is 433 g/mol. The molecule has 1 aromatic carbocycles. The van der Waals surface area contributed by atoms with Gasteiger partial charge in [-0.15, -0.1) is 11.3 Å². The Labute approximate surface area is 146 Å². The fourth-order valence-electron chi connectivity index (χ4n) is 1.77. The Hall–Kier alpha value is -1.42. The van der Waals surface area contributed by atoms with Crippen molar-refractivity contribution in [2.24, 2.45) is 0 Å². The van der Waals surface area contributed by atoms with Crippen LogP contribution in [0.4, 0.5) is 4.79 Å². The number of para-hydroxylation sites is 1. The number of fused-ring (bicyclic) bond motifs is 1. The second-order valence-corrected chi connectivity index (χ2v) is 7.19. The van der Waals surface area contributed by atoms with Crippen molar-refractivity contribution in [2.75, 3.05) is 0 Å². The first-order valence-corrected chi connectivity index (χ1v) is 8.46. The number of amides is 2. The number of thiazole rings is 1. The lowest BCUT2D eigenvalue weighted by molar-refractivity contribution is 0.0523. The van der Waals surface area contributed by atoms with Crippen molar-refractivity contribution < 1.29 is 14.3 Å². The molecular weight excluding hydrogens is 417 g/mol. The van der Waals surface area contributed by atoms with Crippen LogP contribution in [-0.4, -0.2) is 22.6 Å². The average Bonchev–Trinajstić information content (AvgIpc) is 2.85. The maximum Gasteiger partial charge on any atom is 0.408 e. The summed E-state index contributed by atoms with van der Waals surface area (Å²) in [6, 6.07) is 5.43. The minimum Gasteiger partial charge on any atom is -0.444 e. The van der Waals surface area contributed by atoms with Crippen LogP contribution >= 0.6 is 34.2 Å². The Bertz CT molecular complexity index is 709. The van der Waals surface area contributed by atoms with E-state index in [0.717, 1.165) is 9.71 Å². The van der Waals surface area contributed by atoms with Gasteiger partial charge in [-0.2, -0.15) is 0 Å². The largest absolute Gasteiger partial charge is 0.444 e. The first-order valence-electron chi connectivity index (χ1n) is 6.56. The predicted octanol–water partition coefficient (Wildman–Crippen LogP) is 3.40. The molecule has 2 N–H and O–H groups in total. The van der Waals surface area contributed by atoms with Gasteiger partial charge in [0.2, 0.25) is 0 Å². The van der Waals surface area contributed by atoms with Crippen LogP contribution in [0.25, 0.3) is 10.2 Å². The Balaban J connectivity index is 2.13. The van der Waals surface area contributed by atoms with E-state index in [1.807, 2.05) is 12.1 Å². The van der Waals surface area contributed by atoms with Gasteiger partial charge in [0.1, 0.15) is 10.6 Å². The molecular formula is C14H16IN3O3S. The summed E-state index contributed by atoms with van der Waals surface area (Å²) >= 11 is 3.23. The van der Waals surface area contributed by atoms with Crippen molar-refractivity contribution in [3.63, 3.8) is 0 Å². The molecule has 0 saturated heterocycles. The fraction of sp³-hybridized carbons (Fsp3) is 0.357. The van der Waals surface area contributed by atoms with Gasteiger partial charge in [-0.3, -0.25) is 8.32 Å². The maximum absolute atomic E-state index is 11.8. The van der Waals surface area contributed by atoms with Crippen molar-refractivity contribution in [1.82, 2.24) is 13.8 Å². The first-order chi connectivity index (χ1) is 10.3. The lowest BCUT2D eigenvalue weighted by Gasteiger charge is -2.19. The number of halogens is 1. The molecule has 1 heterocycles. The molecule has 2 aromatic rings. The third-order valence-electron chi connectivity index (χ3n) is 2.58. The molecule has 22 heavy (non-hydrogen) atoms. The molecule has 0 atom stereocenters. The van der Waals surface area contributed by atoms with Gasteiger partial charge in [0.15, 0.2) is 0 Å². The maximum atomic E-state index is 11.8. The molecule has 0 aliphatic heterocycles. The normalized spacial score (nSPS) is 11.3. The van der Waals surface area contributed by atoms with Crippen LogP contribution in [0.1, 0.15) is 36.1 Å². The van der Waals surface area contributed by atoms with E-state index in [9.17, 15) is 9.59 Å². The third-order valence-corrected chi connectivity index (χ3v) is 4.09. The standard InChI is InChI=1S/C14H16IN3O3S/c1-14(2,3)21-13(20)16-7-10-17-11-8(12(19)18-15)5-4-6-9(11)22-10/h4-6H,7H2,1-3H3,(H,16,20)(H,18,19). The highest BCUT2D eigenvalue weighted by Crippen LogP contribution is 2.25. The minimum atomic E-state index is -0.538. The quantitative estimate of drug-likeness (QED) is 0.575. The number of hydrogen-bond acceptors (Lipinski definition) is 5. The summed E-state index contributed by atoms with van der Waals surface area (Å²) in [5.74, 6) is -0.192. The predicted molar refractivity (Wildman–Crippen MR) is 94.2 cm³/mol. The molecule has 118 valence electrons. The molecule has 0 aliphatic carbocycles. The van der Waals surface area contributed by atoms with E-state index < -0.39 is 11.7 Å². The first kappa shape index (κ1) is 16.9. The summed E-state index contributed by atoms with van der Waals surface area (Å²) in [6.07, 6.45) is -0.489. The number of benzene rings is 1. The molecule has 0 spiro atoms. The Kier molecular flexibility index (Phi) is 5.22. The summed E-state index contributed by atoms with van der Waals surface area (Å²) in [5.41, 5.74) is 0.623. The van der Waals surface area contributed by atoms with Gasteiger partial charge in [0, 0.05) is 0 Å². The van der Waals surface area contributed by atoms with E-state index in [1.54, 1.807) is 49.7 Å². The molecule has 6 nitrogen and oxygen atoms in total. The molecule has 0 radical (unpaired) electrons. The second-order valence-electron chi connectivity index (χ2n) is 5.54. The van der Waals surface area contributed by atoms with Crippen molar-refractivity contribution in [1.29, 1.82) is 0 Å². The highest BCUT2D eigenvalue weighted by Gasteiger charge is 2.17. The van der Waals surface area contributed by atoms with Gasteiger partial charge < -0.3 is 10.1 Å². The van der Waals surface area contributed by atoms with Gasteiger partial charge in [0.05, 0.1) is 45.2 Å². The summed E-state index contributed by atoms with van der Waals surface area (Å²) in [7, 11) is 0. The smallest absolute Gasteiger partial charge is 0.408 e. The van der Waals surface area contributed by atoms with Crippen LogP contribution in [0.15, 0.2) is 18.2 Å². The highest BCUT2D eigenvalue weighted by molar-refractivity contribution is 14.1. The Morgan fingerprint density at radius 2 is 2.09 bits per heavy atom. The van der Waals surface area contributed by atoms with Gasteiger partial charge in [-0.25, -0.2) is 9.78 Å². The molecule has 2 rings (SSSR count). The zero-order valence-corrected chi connectivity index (χ0v) is 15.4. The van der Waals surface area contributed by atoms with Crippen LogP contribution in [-0.2, 0) is 11.3 Å². The molecule has 2 amide bonds. The molecule has 8 heteroatoms. The number of hydrogen-bond donors (Lipinski definition) is 2. The molecule has 0 bridgehead atoms. The van der Waals surface area contributed by atoms with Gasteiger partial charge in [-0.1, -0.05) is 6.07 Å². The van der Waals surface area contributed by atoms with Gasteiger partial charge >= 0.3 is 6.09 Å². The van der Waals surface area contributed by atoms with Gasteiger partial charge in [0.25, 0.3) is 5.91 Å². The number of carbonyl (C=O) groups is 2. The van der Waals surface area contributed by atoms with E-state index in [2.05, 4.69) is 13.8 Å². The number of rotatable bonds is 3. The zero-order chi connectivity index (χ0) is 16.3.